The molecule has 0 atom stereocenters. The molecule has 10 heteroatoms. The van der Waals surface area contributed by atoms with E-state index in [1.807, 2.05) is 37.5 Å². The number of nitrogens with zero attached hydrogens (tertiary/aromatic N) is 7. The van der Waals surface area contributed by atoms with Crippen molar-refractivity contribution in [2.24, 2.45) is 7.05 Å². The molecule has 0 saturated carbocycles. The van der Waals surface area contributed by atoms with Crippen LogP contribution in [0.4, 0.5) is 13.2 Å². The van der Waals surface area contributed by atoms with E-state index in [0.29, 0.717) is 5.82 Å². The molecule has 0 bridgehead atoms. The van der Waals surface area contributed by atoms with Gasteiger partial charge in [0.25, 0.3) is 0 Å². The van der Waals surface area contributed by atoms with Crippen molar-refractivity contribution in [3.05, 3.63) is 72.1 Å². The maximum atomic E-state index is 13.0. The van der Waals surface area contributed by atoms with Gasteiger partial charge in [-0.25, -0.2) is 0 Å². The molecule has 0 aliphatic carbocycles. The lowest BCUT2D eigenvalue weighted by Crippen LogP contribution is -2.11. The molecule has 4 heterocycles. The van der Waals surface area contributed by atoms with Gasteiger partial charge in [-0.3, -0.25) is 9.67 Å². The van der Waals surface area contributed by atoms with E-state index in [1.54, 1.807) is 17.1 Å². The zero-order chi connectivity index (χ0) is 20.9. The first-order valence-corrected chi connectivity index (χ1v) is 9.03. The minimum absolute atomic E-state index is 0.263. The van der Waals surface area contributed by atoms with Gasteiger partial charge in [-0.05, 0) is 35.9 Å². The molecule has 0 amide bonds. The van der Waals surface area contributed by atoms with Crippen LogP contribution in [0.25, 0.3) is 27.7 Å². The molecular formula is C20H14F3N7. The lowest BCUT2D eigenvalue weighted by atomic mass is 10.0. The minimum atomic E-state index is -4.53. The highest BCUT2D eigenvalue weighted by atomic mass is 19.4. The van der Waals surface area contributed by atoms with E-state index in [-0.39, 0.29) is 12.1 Å². The Hall–Kier alpha value is -3.82. The summed E-state index contributed by atoms with van der Waals surface area (Å²) < 4.78 is 41.9. The summed E-state index contributed by atoms with van der Waals surface area (Å²) >= 11 is 0. The van der Waals surface area contributed by atoms with Gasteiger partial charge in [0.1, 0.15) is 0 Å². The van der Waals surface area contributed by atoms with Gasteiger partial charge in [-0.1, -0.05) is 6.07 Å². The summed E-state index contributed by atoms with van der Waals surface area (Å²) in [4.78, 5) is 4.49. The molecule has 4 aromatic heterocycles. The van der Waals surface area contributed by atoms with Gasteiger partial charge in [0.2, 0.25) is 0 Å². The van der Waals surface area contributed by atoms with E-state index in [4.69, 9.17) is 0 Å². The number of pyridine rings is 1. The fraction of sp³-hybridized carbons (Fsp3) is 0.150. The molecule has 0 fully saturated rings. The third kappa shape index (κ3) is 3.25. The van der Waals surface area contributed by atoms with Gasteiger partial charge in [0.15, 0.2) is 17.2 Å². The number of hydrogen-bond donors (Lipinski definition) is 0. The second kappa shape index (κ2) is 6.61. The Labute approximate surface area is 167 Å². The van der Waals surface area contributed by atoms with Crippen molar-refractivity contribution in [1.29, 1.82) is 0 Å². The molecule has 0 unspecified atom stereocenters. The van der Waals surface area contributed by atoms with E-state index in [2.05, 4.69) is 25.4 Å². The van der Waals surface area contributed by atoms with Crippen molar-refractivity contribution in [3.63, 3.8) is 0 Å². The summed E-state index contributed by atoms with van der Waals surface area (Å²) in [6, 6.07) is 9.84. The molecule has 7 nitrogen and oxygen atoms in total. The molecule has 150 valence electrons. The van der Waals surface area contributed by atoms with Crippen molar-refractivity contribution in [2.45, 2.75) is 12.6 Å². The van der Waals surface area contributed by atoms with Crippen LogP contribution >= 0.6 is 0 Å². The van der Waals surface area contributed by atoms with E-state index < -0.39 is 11.9 Å². The van der Waals surface area contributed by atoms with E-state index in [9.17, 15) is 13.2 Å². The average Bonchev–Trinajstić information content (AvgIpc) is 3.33. The Morgan fingerprint density at radius 1 is 0.967 bits per heavy atom. The Morgan fingerprint density at radius 2 is 1.83 bits per heavy atom. The number of fused-ring (bicyclic) bond motifs is 2. The fourth-order valence-electron chi connectivity index (χ4n) is 3.30. The van der Waals surface area contributed by atoms with E-state index in [1.165, 1.54) is 6.07 Å². The quantitative estimate of drug-likeness (QED) is 0.455. The number of aromatic nitrogens is 7. The van der Waals surface area contributed by atoms with Crippen LogP contribution < -0.4 is 0 Å². The maximum absolute atomic E-state index is 13.0. The summed E-state index contributed by atoms with van der Waals surface area (Å²) in [6.07, 6.45) is 1.20. The third-order valence-corrected chi connectivity index (χ3v) is 4.76. The molecule has 0 aliphatic heterocycles. The van der Waals surface area contributed by atoms with E-state index >= 15 is 0 Å². The molecule has 5 aromatic rings. The second-order valence-corrected chi connectivity index (χ2v) is 6.93. The largest absolute Gasteiger partial charge is 0.435 e. The second-order valence-electron chi connectivity index (χ2n) is 6.93. The Morgan fingerprint density at radius 3 is 2.60 bits per heavy atom. The van der Waals surface area contributed by atoms with Gasteiger partial charge in [-0.15, -0.1) is 10.2 Å². The minimum Gasteiger partial charge on any atom is -0.275 e. The first-order valence-electron chi connectivity index (χ1n) is 9.03. The van der Waals surface area contributed by atoms with Gasteiger partial charge in [0, 0.05) is 42.4 Å². The molecule has 0 N–H and O–H groups in total. The van der Waals surface area contributed by atoms with Crippen LogP contribution in [0.15, 0.2) is 55.0 Å². The normalized spacial score (nSPS) is 12.1. The zero-order valence-electron chi connectivity index (χ0n) is 15.7. The number of aryl methyl sites for hydroxylation is 1. The number of halogens is 3. The molecule has 0 aliphatic rings. The lowest BCUT2D eigenvalue weighted by molar-refractivity contribution is -0.141. The summed E-state index contributed by atoms with van der Waals surface area (Å²) in [6.45, 7) is 0. The highest BCUT2D eigenvalue weighted by molar-refractivity contribution is 5.84. The topological polar surface area (TPSA) is 73.8 Å². The summed E-state index contributed by atoms with van der Waals surface area (Å²) in [7, 11) is 1.84. The zero-order valence-corrected chi connectivity index (χ0v) is 15.7. The van der Waals surface area contributed by atoms with Crippen LogP contribution in [0.5, 0.6) is 0 Å². The van der Waals surface area contributed by atoms with Crippen molar-refractivity contribution in [1.82, 2.24) is 34.6 Å². The first-order chi connectivity index (χ1) is 14.4. The molecular weight excluding hydrogens is 395 g/mol. The van der Waals surface area contributed by atoms with Gasteiger partial charge in [0.05, 0.1) is 11.7 Å². The van der Waals surface area contributed by atoms with Gasteiger partial charge < -0.3 is 0 Å². The van der Waals surface area contributed by atoms with E-state index in [0.717, 1.165) is 38.2 Å². The molecule has 1 aromatic carbocycles. The Balaban J connectivity index is 1.52. The van der Waals surface area contributed by atoms with Crippen LogP contribution in [-0.2, 0) is 19.6 Å². The van der Waals surface area contributed by atoms with Crippen molar-refractivity contribution >= 4 is 16.6 Å². The monoisotopic (exact) mass is 409 g/mol. The molecule has 0 spiro atoms. The smallest absolute Gasteiger partial charge is 0.275 e. The summed E-state index contributed by atoms with van der Waals surface area (Å²) in [5, 5.41) is 16.7. The van der Waals surface area contributed by atoms with Gasteiger partial charge >= 0.3 is 6.18 Å². The molecule has 30 heavy (non-hydrogen) atoms. The van der Waals surface area contributed by atoms with Crippen LogP contribution in [0.2, 0.25) is 0 Å². The van der Waals surface area contributed by atoms with Crippen molar-refractivity contribution < 1.29 is 13.2 Å². The SMILES string of the molecule is Cn1cc(-c2cnc3ccc(Cc4nnc5ccc(C(F)(F)F)nn45)cc3c2)cn1. The predicted molar refractivity (Wildman–Crippen MR) is 103 cm³/mol. The summed E-state index contributed by atoms with van der Waals surface area (Å²) in [5.74, 6) is 0.326. The standard InChI is InChI=1S/C20H14F3N7/c1-29-11-15(10-25-29)14-8-13-6-12(2-3-16(13)24-9-14)7-19-27-26-18-5-4-17(20(21,22)23)28-30(18)19/h2-6,8-11H,7H2,1H3. The average molecular weight is 409 g/mol. The number of alkyl halides is 3. The first kappa shape index (κ1) is 18.2. The predicted octanol–water partition coefficient (Wildman–Crippen LogP) is 3.68. The molecule has 5 rings (SSSR count). The van der Waals surface area contributed by atoms with Crippen LogP contribution in [0, 0.1) is 0 Å². The van der Waals surface area contributed by atoms with Crippen LogP contribution in [0.1, 0.15) is 17.1 Å². The van der Waals surface area contributed by atoms with Crippen LogP contribution in [-0.4, -0.2) is 34.6 Å². The molecule has 0 saturated heterocycles. The summed E-state index contributed by atoms with van der Waals surface area (Å²) in [5.41, 5.74) is 2.83. The van der Waals surface area contributed by atoms with Crippen molar-refractivity contribution in [2.75, 3.05) is 0 Å². The Bertz CT molecular complexity index is 1380. The van der Waals surface area contributed by atoms with Crippen LogP contribution in [0.3, 0.4) is 0 Å². The van der Waals surface area contributed by atoms with Gasteiger partial charge in [-0.2, -0.15) is 27.9 Å². The number of benzene rings is 1. The number of rotatable bonds is 3. The third-order valence-electron chi connectivity index (χ3n) is 4.76. The maximum Gasteiger partial charge on any atom is 0.435 e. The fourth-order valence-corrected chi connectivity index (χ4v) is 3.30. The Kier molecular flexibility index (Phi) is 4.02. The van der Waals surface area contributed by atoms with Crippen molar-refractivity contribution in [3.8, 4) is 11.1 Å². The highest BCUT2D eigenvalue weighted by Crippen LogP contribution is 2.28. The lowest BCUT2D eigenvalue weighted by Gasteiger charge is -2.07. The molecule has 0 radical (unpaired) electrons. The highest BCUT2D eigenvalue weighted by Gasteiger charge is 2.33. The number of hydrogen-bond acceptors (Lipinski definition) is 5.